The van der Waals surface area contributed by atoms with Crippen molar-refractivity contribution in [2.45, 2.75) is 50.5 Å². The van der Waals surface area contributed by atoms with Gasteiger partial charge in [0.15, 0.2) is 0 Å². The summed E-state index contributed by atoms with van der Waals surface area (Å²) in [5.41, 5.74) is 1.19. The zero-order chi connectivity index (χ0) is 24.9. The van der Waals surface area contributed by atoms with Crippen molar-refractivity contribution in [1.29, 1.82) is 0 Å². The lowest BCUT2D eigenvalue weighted by Crippen LogP contribution is -2.56. The van der Waals surface area contributed by atoms with Crippen molar-refractivity contribution in [3.05, 3.63) is 30.3 Å². The Bertz CT molecular complexity index is 1020. The summed E-state index contributed by atoms with van der Waals surface area (Å²) in [5, 5.41) is 11.9. The molecule has 1 aromatic carbocycles. The number of nitrogens with one attached hydrogen (secondary N) is 3. The van der Waals surface area contributed by atoms with Crippen LogP contribution >= 0.6 is 11.5 Å². The van der Waals surface area contributed by atoms with Crippen LogP contribution in [-0.2, 0) is 14.4 Å². The summed E-state index contributed by atoms with van der Waals surface area (Å²) in [7, 11) is 1.48. The van der Waals surface area contributed by atoms with Crippen molar-refractivity contribution in [2.75, 3.05) is 18.9 Å². The number of nitrogens with zero attached hydrogens (tertiary/aromatic N) is 3. The Hall–Kier alpha value is -3.06. The van der Waals surface area contributed by atoms with Crippen molar-refractivity contribution < 1.29 is 27.6 Å². The van der Waals surface area contributed by atoms with Gasteiger partial charge in [0, 0.05) is 23.6 Å². The highest BCUT2D eigenvalue weighted by atomic mass is 32.1. The van der Waals surface area contributed by atoms with Crippen LogP contribution in [0, 0.1) is 0 Å². The first-order valence-corrected chi connectivity index (χ1v) is 11.4. The van der Waals surface area contributed by atoms with E-state index in [2.05, 4.69) is 25.5 Å². The maximum atomic E-state index is 13.2. The molecule has 184 valence electrons. The zero-order valence-corrected chi connectivity index (χ0v) is 19.4. The van der Waals surface area contributed by atoms with E-state index in [1.165, 1.54) is 14.0 Å². The third-order valence-corrected chi connectivity index (χ3v) is 6.13. The minimum Gasteiger partial charge on any atom is -0.343 e. The van der Waals surface area contributed by atoms with Gasteiger partial charge in [0.05, 0.1) is 12.5 Å². The summed E-state index contributed by atoms with van der Waals surface area (Å²) < 4.78 is 43.4. The number of likely N-dealkylation sites (tertiary alicyclic amines) is 1. The van der Waals surface area contributed by atoms with Crippen LogP contribution in [0.3, 0.4) is 0 Å². The van der Waals surface area contributed by atoms with Gasteiger partial charge >= 0.3 is 6.18 Å². The second kappa shape index (κ2) is 10.9. The van der Waals surface area contributed by atoms with E-state index in [-0.39, 0.29) is 13.0 Å². The molecule has 3 amide bonds. The molecule has 1 unspecified atom stereocenters. The number of benzene rings is 1. The summed E-state index contributed by atoms with van der Waals surface area (Å²) in [6, 6.07) is 5.44. The number of aromatic nitrogens is 2. The molecule has 0 saturated carbocycles. The fraction of sp³-hybridized carbons (Fsp3) is 0.476. The SMILES string of the molecule is CN[C@@H](C)C(=O)NC(CC(F)(F)F)C(=O)N1CCC[C@H]1C(=O)Nc1snnc1-c1ccccc1. The van der Waals surface area contributed by atoms with Crippen LogP contribution in [0.2, 0.25) is 0 Å². The van der Waals surface area contributed by atoms with Gasteiger partial charge in [0.25, 0.3) is 0 Å². The number of carbonyl (C=O) groups is 3. The molecule has 0 spiro atoms. The molecular formula is C21H25F3N6O3S. The Morgan fingerprint density at radius 3 is 2.59 bits per heavy atom. The van der Waals surface area contributed by atoms with E-state index in [0.717, 1.165) is 22.0 Å². The lowest BCUT2D eigenvalue weighted by Gasteiger charge is -2.29. The maximum Gasteiger partial charge on any atom is 0.391 e. The van der Waals surface area contributed by atoms with E-state index in [9.17, 15) is 27.6 Å². The molecule has 2 heterocycles. The lowest BCUT2D eigenvalue weighted by molar-refractivity contribution is -0.157. The number of rotatable bonds is 8. The summed E-state index contributed by atoms with van der Waals surface area (Å²) in [6.45, 7) is 1.57. The van der Waals surface area contributed by atoms with Crippen LogP contribution in [-0.4, -0.2) is 70.1 Å². The van der Waals surface area contributed by atoms with E-state index in [4.69, 9.17) is 0 Å². The molecule has 13 heteroatoms. The highest BCUT2D eigenvalue weighted by Crippen LogP contribution is 2.30. The first kappa shape index (κ1) is 25.6. The molecule has 9 nitrogen and oxygen atoms in total. The molecule has 0 aliphatic carbocycles. The van der Waals surface area contributed by atoms with Crippen molar-refractivity contribution in [2.24, 2.45) is 0 Å². The number of hydrogen-bond donors (Lipinski definition) is 3. The number of anilines is 1. The fourth-order valence-corrected chi connectivity index (χ4v) is 4.21. The molecule has 3 N–H and O–H groups in total. The lowest BCUT2D eigenvalue weighted by atomic mass is 10.1. The van der Waals surface area contributed by atoms with Gasteiger partial charge in [-0.05, 0) is 26.8 Å². The summed E-state index contributed by atoms with van der Waals surface area (Å²) in [4.78, 5) is 39.4. The molecule has 2 aromatic rings. The molecule has 1 fully saturated rings. The largest absolute Gasteiger partial charge is 0.391 e. The van der Waals surface area contributed by atoms with Crippen LogP contribution in [0.1, 0.15) is 26.2 Å². The van der Waals surface area contributed by atoms with Gasteiger partial charge in [-0.3, -0.25) is 14.4 Å². The standard InChI is InChI=1S/C21H25F3N6O3S/c1-12(25-2)17(31)26-14(11-21(22,23)24)20(33)30-10-6-9-15(30)18(32)27-19-16(28-29-34-19)13-7-4-3-5-8-13/h3-5,7-8,12,14-15,25H,6,9-11H2,1-2H3,(H,26,31)(H,27,32)/t12-,14?,15-/m0/s1. The first-order valence-electron chi connectivity index (χ1n) is 10.6. The summed E-state index contributed by atoms with van der Waals surface area (Å²) in [5.74, 6) is -2.24. The van der Waals surface area contributed by atoms with Gasteiger partial charge in [-0.2, -0.15) is 13.2 Å². The maximum absolute atomic E-state index is 13.2. The quantitative estimate of drug-likeness (QED) is 0.514. The molecule has 3 rings (SSSR count). The van der Waals surface area contributed by atoms with Gasteiger partial charge in [-0.1, -0.05) is 34.8 Å². The molecule has 34 heavy (non-hydrogen) atoms. The Morgan fingerprint density at radius 1 is 1.24 bits per heavy atom. The summed E-state index contributed by atoms with van der Waals surface area (Å²) in [6.07, 6.45) is -5.50. The molecule has 1 saturated heterocycles. The number of carbonyl (C=O) groups excluding carboxylic acids is 3. The van der Waals surface area contributed by atoms with Crippen molar-refractivity contribution in [1.82, 2.24) is 25.1 Å². The van der Waals surface area contributed by atoms with Gasteiger partial charge in [-0.15, -0.1) is 5.10 Å². The van der Waals surface area contributed by atoms with Gasteiger partial charge in [-0.25, -0.2) is 0 Å². The van der Waals surface area contributed by atoms with Crippen LogP contribution in [0.25, 0.3) is 11.3 Å². The monoisotopic (exact) mass is 498 g/mol. The van der Waals surface area contributed by atoms with Crippen LogP contribution < -0.4 is 16.0 Å². The third kappa shape index (κ3) is 6.29. The van der Waals surface area contributed by atoms with E-state index in [0.29, 0.717) is 17.1 Å². The number of hydrogen-bond acceptors (Lipinski definition) is 7. The number of likely N-dealkylation sites (N-methyl/N-ethyl adjacent to an activating group) is 1. The first-order chi connectivity index (χ1) is 16.1. The predicted molar refractivity (Wildman–Crippen MR) is 120 cm³/mol. The highest BCUT2D eigenvalue weighted by molar-refractivity contribution is 7.10. The normalized spacial score (nSPS) is 17.8. The Labute approximate surface area is 198 Å². The van der Waals surface area contributed by atoms with Gasteiger partial charge in [0.2, 0.25) is 17.7 Å². The summed E-state index contributed by atoms with van der Waals surface area (Å²) >= 11 is 0.960. The average molecular weight is 499 g/mol. The molecule has 1 aliphatic rings. The second-order valence-electron chi connectivity index (χ2n) is 7.89. The predicted octanol–water partition coefficient (Wildman–Crippen LogP) is 2.18. The number of alkyl halides is 3. The van der Waals surface area contributed by atoms with Crippen LogP contribution in [0.5, 0.6) is 0 Å². The van der Waals surface area contributed by atoms with E-state index >= 15 is 0 Å². The molecule has 0 radical (unpaired) electrons. The topological polar surface area (TPSA) is 116 Å². The molecule has 1 aliphatic heterocycles. The molecule has 1 aromatic heterocycles. The van der Waals surface area contributed by atoms with Gasteiger partial charge in [0.1, 0.15) is 22.8 Å². The molecular weight excluding hydrogens is 473 g/mol. The minimum absolute atomic E-state index is 0.106. The Balaban J connectivity index is 1.76. The van der Waals surface area contributed by atoms with Crippen molar-refractivity contribution in [3.63, 3.8) is 0 Å². The molecule has 3 atom stereocenters. The van der Waals surface area contributed by atoms with E-state index in [1.807, 2.05) is 18.2 Å². The fourth-order valence-electron chi connectivity index (χ4n) is 3.62. The average Bonchev–Trinajstić information content (AvgIpc) is 3.47. The molecule has 0 bridgehead atoms. The third-order valence-electron chi connectivity index (χ3n) is 5.49. The van der Waals surface area contributed by atoms with Gasteiger partial charge < -0.3 is 20.9 Å². The Kier molecular flexibility index (Phi) is 8.20. The van der Waals surface area contributed by atoms with Crippen molar-refractivity contribution in [3.8, 4) is 11.3 Å². The minimum atomic E-state index is -4.69. The van der Waals surface area contributed by atoms with Crippen molar-refractivity contribution >= 4 is 34.3 Å². The Morgan fingerprint density at radius 2 is 1.94 bits per heavy atom. The highest BCUT2D eigenvalue weighted by Gasteiger charge is 2.42. The van der Waals surface area contributed by atoms with E-state index < -0.39 is 48.4 Å². The number of amides is 3. The number of halogens is 3. The second-order valence-corrected chi connectivity index (χ2v) is 8.64. The smallest absolute Gasteiger partial charge is 0.343 e. The van der Waals surface area contributed by atoms with Crippen LogP contribution in [0.4, 0.5) is 18.2 Å². The zero-order valence-electron chi connectivity index (χ0n) is 18.6. The van der Waals surface area contributed by atoms with E-state index in [1.54, 1.807) is 12.1 Å². The van der Waals surface area contributed by atoms with Crippen LogP contribution in [0.15, 0.2) is 30.3 Å².